The van der Waals surface area contributed by atoms with Gasteiger partial charge in [0.15, 0.2) is 0 Å². The molecule has 0 saturated heterocycles. The highest BCUT2D eigenvalue weighted by Gasteiger charge is 2.23. The number of aromatic nitrogens is 1. The van der Waals surface area contributed by atoms with Gasteiger partial charge in [-0.15, -0.1) is 0 Å². The second-order valence-electron chi connectivity index (χ2n) is 5.23. The van der Waals surface area contributed by atoms with Crippen LogP contribution in [0.4, 0.5) is 4.39 Å². The van der Waals surface area contributed by atoms with Gasteiger partial charge >= 0.3 is 10.8 Å². The van der Waals surface area contributed by atoms with Crippen molar-refractivity contribution >= 4 is 17.3 Å². The van der Waals surface area contributed by atoms with Crippen LogP contribution < -0.4 is 4.87 Å². The number of hydrogen-bond acceptors (Lipinski definition) is 4. The Labute approximate surface area is 119 Å². The molecule has 0 spiro atoms. The predicted octanol–water partition coefficient (Wildman–Crippen LogP) is 3.20. The Kier molecular flexibility index (Phi) is 3.76. The van der Waals surface area contributed by atoms with Crippen molar-refractivity contribution in [2.24, 2.45) is 0 Å². The maximum Gasteiger partial charge on any atom is 0.356 e. The summed E-state index contributed by atoms with van der Waals surface area (Å²) in [5.74, 6) is -1.06. The summed E-state index contributed by atoms with van der Waals surface area (Å²) in [6.45, 7) is 5.20. The van der Waals surface area contributed by atoms with E-state index in [0.717, 1.165) is 11.3 Å². The lowest BCUT2D eigenvalue weighted by Gasteiger charge is -2.19. The lowest BCUT2D eigenvalue weighted by molar-refractivity contribution is 0.00644. The number of benzene rings is 1. The molecular formula is C14H14FNO3S. The number of rotatable bonds is 2. The monoisotopic (exact) mass is 295 g/mol. The lowest BCUT2D eigenvalue weighted by atomic mass is 10.1. The van der Waals surface area contributed by atoms with Gasteiger partial charge in [-0.3, -0.25) is 4.79 Å². The first kappa shape index (κ1) is 14.5. The SMILES string of the molecule is CC(C)(C)OC(=O)c1[nH]c(=O)sc1-c1cccc(F)c1. The van der Waals surface area contributed by atoms with Crippen LogP contribution in [0.5, 0.6) is 0 Å². The highest BCUT2D eigenvalue weighted by Crippen LogP contribution is 2.27. The first-order valence-electron chi connectivity index (χ1n) is 5.99. The molecule has 2 rings (SSSR count). The van der Waals surface area contributed by atoms with Crippen LogP contribution in [-0.4, -0.2) is 16.6 Å². The van der Waals surface area contributed by atoms with Gasteiger partial charge in [-0.25, -0.2) is 9.18 Å². The Balaban J connectivity index is 2.46. The zero-order chi connectivity index (χ0) is 14.9. The molecule has 106 valence electrons. The number of carbonyl (C=O) groups excluding carboxylic acids is 1. The van der Waals surface area contributed by atoms with E-state index >= 15 is 0 Å². The highest BCUT2D eigenvalue weighted by atomic mass is 32.1. The van der Waals surface area contributed by atoms with Crippen molar-refractivity contribution in [2.75, 3.05) is 0 Å². The van der Waals surface area contributed by atoms with Crippen LogP contribution in [0.15, 0.2) is 29.1 Å². The summed E-state index contributed by atoms with van der Waals surface area (Å²) >= 11 is 0.852. The van der Waals surface area contributed by atoms with E-state index in [2.05, 4.69) is 4.98 Å². The molecule has 20 heavy (non-hydrogen) atoms. The second-order valence-corrected chi connectivity index (χ2v) is 6.21. The molecule has 0 saturated carbocycles. The second kappa shape index (κ2) is 5.20. The van der Waals surface area contributed by atoms with Crippen LogP contribution in [0.25, 0.3) is 10.4 Å². The van der Waals surface area contributed by atoms with Gasteiger partial charge in [0.1, 0.15) is 17.1 Å². The van der Waals surface area contributed by atoms with Crippen LogP contribution >= 0.6 is 11.3 Å². The number of aromatic amines is 1. The topological polar surface area (TPSA) is 59.2 Å². The molecule has 6 heteroatoms. The van der Waals surface area contributed by atoms with E-state index in [1.165, 1.54) is 18.2 Å². The minimum atomic E-state index is -0.672. The summed E-state index contributed by atoms with van der Waals surface area (Å²) in [6.07, 6.45) is 0. The number of ether oxygens (including phenoxy) is 1. The van der Waals surface area contributed by atoms with Crippen molar-refractivity contribution in [2.45, 2.75) is 26.4 Å². The Hall–Kier alpha value is -1.95. The minimum Gasteiger partial charge on any atom is -0.455 e. The van der Waals surface area contributed by atoms with Crippen molar-refractivity contribution in [3.05, 3.63) is 45.4 Å². The van der Waals surface area contributed by atoms with Crippen molar-refractivity contribution in [1.29, 1.82) is 0 Å². The predicted molar refractivity (Wildman–Crippen MR) is 75.5 cm³/mol. The van der Waals surface area contributed by atoms with Gasteiger partial charge < -0.3 is 9.72 Å². The number of thiazole rings is 1. The number of hydrogen-bond donors (Lipinski definition) is 1. The Morgan fingerprint density at radius 3 is 2.65 bits per heavy atom. The third-order valence-corrected chi connectivity index (χ3v) is 3.27. The lowest BCUT2D eigenvalue weighted by Crippen LogP contribution is -2.24. The molecule has 2 aromatic rings. The molecule has 1 heterocycles. The molecule has 1 aromatic carbocycles. The van der Waals surface area contributed by atoms with E-state index in [-0.39, 0.29) is 10.6 Å². The summed E-state index contributed by atoms with van der Waals surface area (Å²) in [5, 5.41) is 0. The van der Waals surface area contributed by atoms with E-state index in [9.17, 15) is 14.0 Å². The summed E-state index contributed by atoms with van der Waals surface area (Å²) in [6, 6.07) is 5.73. The maximum atomic E-state index is 13.3. The fourth-order valence-electron chi connectivity index (χ4n) is 1.63. The van der Waals surface area contributed by atoms with Crippen LogP contribution in [0.2, 0.25) is 0 Å². The average molecular weight is 295 g/mol. The molecule has 0 atom stereocenters. The standard InChI is InChI=1S/C14H14FNO3S/c1-14(2,3)19-12(17)10-11(20-13(18)16-10)8-5-4-6-9(15)7-8/h4-7H,1-3H3,(H,16,18). The number of esters is 1. The summed E-state index contributed by atoms with van der Waals surface area (Å²) in [5.41, 5.74) is -0.149. The zero-order valence-electron chi connectivity index (χ0n) is 11.3. The molecular weight excluding hydrogens is 281 g/mol. The fraction of sp³-hybridized carbons (Fsp3) is 0.286. The molecule has 1 aromatic heterocycles. The third kappa shape index (κ3) is 3.33. The normalized spacial score (nSPS) is 11.4. The molecule has 0 aliphatic rings. The van der Waals surface area contributed by atoms with E-state index in [4.69, 9.17) is 4.74 Å². The Morgan fingerprint density at radius 1 is 1.35 bits per heavy atom. The van der Waals surface area contributed by atoms with E-state index in [0.29, 0.717) is 10.4 Å². The smallest absolute Gasteiger partial charge is 0.356 e. The van der Waals surface area contributed by atoms with Gasteiger partial charge in [-0.2, -0.15) is 0 Å². The molecule has 0 radical (unpaired) electrons. The van der Waals surface area contributed by atoms with Crippen molar-refractivity contribution in [3.63, 3.8) is 0 Å². The van der Waals surface area contributed by atoms with Crippen LogP contribution in [0.1, 0.15) is 31.3 Å². The molecule has 0 unspecified atom stereocenters. The van der Waals surface area contributed by atoms with Gasteiger partial charge in [0.25, 0.3) is 0 Å². The largest absolute Gasteiger partial charge is 0.455 e. The van der Waals surface area contributed by atoms with E-state index in [1.54, 1.807) is 26.8 Å². The molecule has 4 nitrogen and oxygen atoms in total. The number of carbonyl (C=O) groups is 1. The van der Waals surface area contributed by atoms with Gasteiger partial charge in [0.2, 0.25) is 0 Å². The summed E-state index contributed by atoms with van der Waals surface area (Å²) in [4.78, 5) is 26.0. The van der Waals surface area contributed by atoms with Crippen LogP contribution in [0, 0.1) is 5.82 Å². The molecule has 0 aliphatic carbocycles. The van der Waals surface area contributed by atoms with Gasteiger partial charge in [0.05, 0.1) is 4.88 Å². The molecule has 0 aliphatic heterocycles. The van der Waals surface area contributed by atoms with Crippen molar-refractivity contribution in [3.8, 4) is 10.4 Å². The van der Waals surface area contributed by atoms with Crippen molar-refractivity contribution in [1.82, 2.24) is 4.98 Å². The average Bonchev–Trinajstić information content (AvgIpc) is 2.69. The first-order chi connectivity index (χ1) is 9.26. The summed E-state index contributed by atoms with van der Waals surface area (Å²) < 4.78 is 18.5. The number of halogens is 1. The first-order valence-corrected chi connectivity index (χ1v) is 6.80. The van der Waals surface area contributed by atoms with Crippen LogP contribution in [0.3, 0.4) is 0 Å². The number of H-pyrrole nitrogens is 1. The van der Waals surface area contributed by atoms with Crippen LogP contribution in [-0.2, 0) is 4.74 Å². The molecule has 1 N–H and O–H groups in total. The van der Waals surface area contributed by atoms with Gasteiger partial charge in [0, 0.05) is 0 Å². The fourth-order valence-corrected chi connectivity index (χ4v) is 2.45. The summed E-state index contributed by atoms with van der Waals surface area (Å²) in [7, 11) is 0. The van der Waals surface area contributed by atoms with Gasteiger partial charge in [-0.1, -0.05) is 23.5 Å². The highest BCUT2D eigenvalue weighted by molar-refractivity contribution is 7.13. The van der Waals surface area contributed by atoms with Crippen molar-refractivity contribution < 1.29 is 13.9 Å². The molecule has 0 fully saturated rings. The number of nitrogens with one attached hydrogen (secondary N) is 1. The van der Waals surface area contributed by atoms with Gasteiger partial charge in [-0.05, 0) is 38.5 Å². The quantitative estimate of drug-likeness (QED) is 0.866. The molecule has 0 amide bonds. The Bertz CT molecular complexity index is 697. The zero-order valence-corrected chi connectivity index (χ0v) is 12.1. The third-order valence-electron chi connectivity index (χ3n) is 2.34. The van der Waals surface area contributed by atoms with E-state index < -0.39 is 17.4 Å². The molecule has 0 bridgehead atoms. The maximum absolute atomic E-state index is 13.3. The Morgan fingerprint density at radius 2 is 2.05 bits per heavy atom. The van der Waals surface area contributed by atoms with E-state index in [1.807, 2.05) is 0 Å². The minimum absolute atomic E-state index is 0.0560.